The van der Waals surface area contributed by atoms with Crippen molar-refractivity contribution in [2.75, 3.05) is 5.75 Å². The molecule has 0 bridgehead atoms. The molecule has 1 saturated heterocycles. The van der Waals surface area contributed by atoms with E-state index in [-0.39, 0.29) is 5.75 Å². The van der Waals surface area contributed by atoms with Gasteiger partial charge in [-0.05, 0) is 12.1 Å². The molecule has 31 heavy (non-hydrogen) atoms. The summed E-state index contributed by atoms with van der Waals surface area (Å²) < 4.78 is 22.3. The Morgan fingerprint density at radius 1 is 0.903 bits per heavy atom. The summed E-state index contributed by atoms with van der Waals surface area (Å²) in [6.45, 7) is 3.73. The number of nitrogens with zero attached hydrogens (tertiary/aromatic N) is 2. The van der Waals surface area contributed by atoms with Gasteiger partial charge >= 0.3 is 17.9 Å². The molecule has 0 aromatic carbocycles. The predicted molar refractivity (Wildman–Crippen MR) is 111 cm³/mol. The normalized spacial score (nSPS) is 22.8. The van der Waals surface area contributed by atoms with E-state index < -0.39 is 41.7 Å². The smallest absolute Gasteiger partial charge is 0.303 e. The monoisotopic (exact) mass is 446 g/mol. The quantitative estimate of drug-likeness (QED) is 0.484. The number of esters is 3. The lowest BCUT2D eigenvalue weighted by atomic mass is 10.1. The van der Waals surface area contributed by atoms with Crippen molar-refractivity contribution < 1.29 is 33.3 Å². The summed E-state index contributed by atoms with van der Waals surface area (Å²) in [4.78, 5) is 43.3. The van der Waals surface area contributed by atoms with Crippen LogP contribution in [0.25, 0.3) is 11.1 Å². The summed E-state index contributed by atoms with van der Waals surface area (Å²) in [5.74, 6) is -0.990. The number of carbonyl (C=O) groups is 3. The lowest BCUT2D eigenvalue weighted by Crippen LogP contribution is -2.55. The summed E-state index contributed by atoms with van der Waals surface area (Å²) in [7, 11) is 0. The van der Waals surface area contributed by atoms with Crippen molar-refractivity contribution in [2.24, 2.45) is 0 Å². The van der Waals surface area contributed by atoms with Crippen molar-refractivity contribution in [3.63, 3.8) is 0 Å². The van der Waals surface area contributed by atoms with E-state index in [2.05, 4.69) is 9.97 Å². The van der Waals surface area contributed by atoms with E-state index in [1.165, 1.54) is 32.5 Å². The maximum atomic E-state index is 11.8. The van der Waals surface area contributed by atoms with Gasteiger partial charge in [-0.25, -0.2) is 0 Å². The second-order valence-corrected chi connectivity index (χ2v) is 7.86. The molecule has 0 saturated carbocycles. The Kier molecular flexibility index (Phi) is 7.45. The average Bonchev–Trinajstić information content (AvgIpc) is 2.72. The van der Waals surface area contributed by atoms with E-state index in [0.717, 1.165) is 11.1 Å². The molecule has 9 nitrogen and oxygen atoms in total. The Balaban J connectivity index is 1.92. The Hall–Kier alpha value is -3.14. The summed E-state index contributed by atoms with van der Waals surface area (Å²) in [6.07, 6.45) is 3.72. The van der Waals surface area contributed by atoms with Crippen molar-refractivity contribution in [3.8, 4) is 16.9 Å². The van der Waals surface area contributed by atoms with E-state index in [1.807, 2.05) is 6.07 Å². The number of thioether (sulfide) groups is 1. The minimum Gasteiger partial charge on any atom is -0.473 e. The van der Waals surface area contributed by atoms with Gasteiger partial charge in [0.1, 0.15) is 5.75 Å². The number of rotatable bonds is 6. The van der Waals surface area contributed by atoms with E-state index >= 15 is 0 Å². The number of carbonyl (C=O) groups excluding carboxylic acids is 3. The van der Waals surface area contributed by atoms with Gasteiger partial charge in [0.2, 0.25) is 0 Å². The molecule has 1 fully saturated rings. The molecular weight excluding hydrogens is 424 g/mol. The van der Waals surface area contributed by atoms with E-state index in [4.69, 9.17) is 18.9 Å². The van der Waals surface area contributed by atoms with Gasteiger partial charge in [0.15, 0.2) is 23.7 Å². The first-order valence-electron chi connectivity index (χ1n) is 9.49. The fourth-order valence-electron chi connectivity index (χ4n) is 3.17. The highest BCUT2D eigenvalue weighted by molar-refractivity contribution is 7.99. The Morgan fingerprint density at radius 3 is 2.23 bits per heavy atom. The predicted octanol–water partition coefficient (Wildman–Crippen LogP) is 2.39. The summed E-state index contributed by atoms with van der Waals surface area (Å²) in [5, 5.41) is 0. The minimum atomic E-state index is -1.02. The van der Waals surface area contributed by atoms with Crippen molar-refractivity contribution in [2.45, 2.75) is 44.5 Å². The van der Waals surface area contributed by atoms with Crippen molar-refractivity contribution in [1.29, 1.82) is 0 Å². The molecule has 0 spiro atoms. The minimum absolute atomic E-state index is 0.280. The van der Waals surface area contributed by atoms with E-state index in [9.17, 15) is 14.4 Å². The molecule has 0 amide bonds. The van der Waals surface area contributed by atoms with Crippen molar-refractivity contribution >= 4 is 29.7 Å². The third kappa shape index (κ3) is 5.94. The maximum Gasteiger partial charge on any atom is 0.303 e. The van der Waals surface area contributed by atoms with Crippen molar-refractivity contribution in [3.05, 3.63) is 43.0 Å². The molecule has 1 aliphatic rings. The molecule has 164 valence electrons. The standard InChI is InChI=1S/C21H22N2O7S/c1-12(24)27-18-11-31-21(20(29-14(3)26)19(18)28-13(2)25)30-17-10-23-8-6-16(17)15-5-4-7-22-9-15/h4-10,18-21H,11H2,1-3H3/t18-,19+,20-,21-/m1/s1. The number of hydrogen-bond donors (Lipinski definition) is 0. The second-order valence-electron chi connectivity index (χ2n) is 6.73. The SMILES string of the molecule is CC(=O)O[C@@H]1[C@@H](OC(C)=O)[C@H](OC(C)=O)CS[C@H]1Oc1cnccc1-c1cccnc1. The number of pyridine rings is 2. The van der Waals surface area contributed by atoms with Gasteiger partial charge < -0.3 is 18.9 Å². The number of aromatic nitrogens is 2. The third-order valence-corrected chi connectivity index (χ3v) is 5.52. The lowest BCUT2D eigenvalue weighted by molar-refractivity contribution is -0.186. The molecular formula is C21H22N2O7S. The average molecular weight is 446 g/mol. The summed E-state index contributed by atoms with van der Waals surface area (Å²) in [5.41, 5.74) is 0.829. The molecule has 0 N–H and O–H groups in total. The molecule has 3 rings (SSSR count). The molecule has 2 aromatic rings. The number of ether oxygens (including phenoxy) is 4. The van der Waals surface area contributed by atoms with Crippen LogP contribution in [0.5, 0.6) is 5.75 Å². The van der Waals surface area contributed by atoms with Gasteiger partial charge in [-0.2, -0.15) is 0 Å². The van der Waals surface area contributed by atoms with Gasteiger partial charge in [-0.3, -0.25) is 24.4 Å². The van der Waals surface area contributed by atoms with Crippen molar-refractivity contribution in [1.82, 2.24) is 9.97 Å². The zero-order valence-corrected chi connectivity index (χ0v) is 18.0. The fraction of sp³-hybridized carbons (Fsp3) is 0.381. The van der Waals surface area contributed by atoms with Crippen LogP contribution in [0.2, 0.25) is 0 Å². The Morgan fingerprint density at radius 2 is 1.58 bits per heavy atom. The highest BCUT2D eigenvalue weighted by Crippen LogP contribution is 2.37. The topological polar surface area (TPSA) is 114 Å². The van der Waals surface area contributed by atoms with E-state index in [0.29, 0.717) is 5.75 Å². The molecule has 0 radical (unpaired) electrons. The molecule has 0 unspecified atom stereocenters. The first-order valence-corrected chi connectivity index (χ1v) is 10.5. The first-order chi connectivity index (χ1) is 14.8. The molecule has 1 aliphatic heterocycles. The van der Waals surface area contributed by atoms with Crippen LogP contribution in [0, 0.1) is 0 Å². The summed E-state index contributed by atoms with van der Waals surface area (Å²) >= 11 is 1.28. The Bertz CT molecular complexity index is 940. The highest BCUT2D eigenvalue weighted by atomic mass is 32.2. The molecule has 3 heterocycles. The van der Waals surface area contributed by atoms with Crippen LogP contribution < -0.4 is 4.74 Å². The second kappa shape index (κ2) is 10.3. The van der Waals surface area contributed by atoms with Crippen LogP contribution in [0.15, 0.2) is 43.0 Å². The highest BCUT2D eigenvalue weighted by Gasteiger charge is 2.47. The first kappa shape index (κ1) is 22.5. The Labute approximate surface area is 183 Å². The van der Waals surface area contributed by atoms with Crippen LogP contribution in [0.4, 0.5) is 0 Å². The molecule has 2 aromatic heterocycles. The largest absolute Gasteiger partial charge is 0.473 e. The fourth-order valence-corrected chi connectivity index (χ4v) is 4.38. The van der Waals surface area contributed by atoms with E-state index in [1.54, 1.807) is 36.9 Å². The number of hydrogen-bond acceptors (Lipinski definition) is 10. The van der Waals surface area contributed by atoms with Gasteiger partial charge in [0.05, 0.1) is 6.20 Å². The maximum absolute atomic E-state index is 11.8. The van der Waals surface area contributed by atoms with Crippen LogP contribution in [0.3, 0.4) is 0 Å². The third-order valence-electron chi connectivity index (χ3n) is 4.30. The van der Waals surface area contributed by atoms with Crippen LogP contribution in [-0.2, 0) is 28.6 Å². The van der Waals surface area contributed by atoms with Crippen LogP contribution >= 0.6 is 11.8 Å². The lowest BCUT2D eigenvalue weighted by Gasteiger charge is -2.40. The summed E-state index contributed by atoms with van der Waals surface area (Å²) in [6, 6.07) is 5.47. The van der Waals surface area contributed by atoms with Crippen LogP contribution in [0.1, 0.15) is 20.8 Å². The van der Waals surface area contributed by atoms with Gasteiger partial charge in [-0.15, -0.1) is 11.8 Å². The van der Waals surface area contributed by atoms with Crippen LogP contribution in [-0.4, -0.2) is 57.4 Å². The van der Waals surface area contributed by atoms with Gasteiger partial charge in [0, 0.05) is 56.2 Å². The molecule has 10 heteroatoms. The zero-order valence-electron chi connectivity index (χ0n) is 17.2. The molecule has 0 aliphatic carbocycles. The van der Waals surface area contributed by atoms with Gasteiger partial charge in [-0.1, -0.05) is 6.07 Å². The van der Waals surface area contributed by atoms with Gasteiger partial charge in [0.25, 0.3) is 0 Å². The zero-order chi connectivity index (χ0) is 22.4. The molecule has 4 atom stereocenters.